The number of aromatic amines is 1. The molecule has 1 aromatic heterocycles. The third kappa shape index (κ3) is 2.96. The summed E-state index contributed by atoms with van der Waals surface area (Å²) in [4.78, 5) is 3.57. The first-order valence-electron chi connectivity index (χ1n) is 8.19. The lowest BCUT2D eigenvalue weighted by Crippen LogP contribution is -1.83. The van der Waals surface area contributed by atoms with Crippen molar-refractivity contribution in [2.24, 2.45) is 0 Å². The monoisotopic (exact) mass is 320 g/mol. The van der Waals surface area contributed by atoms with E-state index in [1.54, 1.807) is 0 Å². The molecule has 0 saturated heterocycles. The lowest BCUT2D eigenvalue weighted by Gasteiger charge is -2.05. The highest BCUT2D eigenvalue weighted by Crippen LogP contribution is 2.36. The first-order chi connectivity index (χ1) is 12.3. The van der Waals surface area contributed by atoms with Crippen molar-refractivity contribution >= 4 is 0 Å². The zero-order valence-corrected chi connectivity index (χ0v) is 13.6. The van der Waals surface area contributed by atoms with E-state index in [0.29, 0.717) is 5.56 Å². The van der Waals surface area contributed by atoms with Gasteiger partial charge in [0.05, 0.1) is 17.3 Å². The van der Waals surface area contributed by atoms with E-state index in [4.69, 9.17) is 0 Å². The summed E-state index contributed by atoms with van der Waals surface area (Å²) < 4.78 is 0. The van der Waals surface area contributed by atoms with Crippen molar-refractivity contribution < 1.29 is 0 Å². The van der Waals surface area contributed by atoms with Crippen molar-refractivity contribution in [3.05, 3.63) is 96.6 Å². The molecule has 0 aliphatic heterocycles. The number of rotatable bonds is 3. The molecule has 0 spiro atoms. The fraction of sp³-hybridized carbons (Fsp3) is 0. The lowest BCUT2D eigenvalue weighted by atomic mass is 9.99. The molecular weight excluding hydrogens is 304 g/mol. The normalized spacial score (nSPS) is 10.4. The van der Waals surface area contributed by atoms with E-state index < -0.39 is 0 Å². The molecule has 0 saturated carbocycles. The smallest absolute Gasteiger partial charge is 0.0991 e. The molecule has 1 heterocycles. The van der Waals surface area contributed by atoms with Gasteiger partial charge in [0.1, 0.15) is 0 Å². The van der Waals surface area contributed by atoms with Crippen LogP contribution in [0.2, 0.25) is 0 Å². The standard InChI is InChI=1S/C23H16N2/c24-16-17-8-7-13-20(14-17)21-15-22(18-9-3-1-4-10-18)25-23(21)19-11-5-2-6-12-19/h1-15,25H. The molecule has 4 rings (SSSR count). The van der Waals surface area contributed by atoms with Gasteiger partial charge in [-0.1, -0.05) is 72.8 Å². The summed E-state index contributed by atoms with van der Waals surface area (Å²) in [5.74, 6) is 0. The maximum atomic E-state index is 9.22. The van der Waals surface area contributed by atoms with E-state index in [1.807, 2.05) is 60.7 Å². The van der Waals surface area contributed by atoms with Crippen molar-refractivity contribution in [2.45, 2.75) is 0 Å². The van der Waals surface area contributed by atoms with Gasteiger partial charge in [0.15, 0.2) is 0 Å². The second-order valence-corrected chi connectivity index (χ2v) is 5.90. The second kappa shape index (κ2) is 6.51. The van der Waals surface area contributed by atoms with Gasteiger partial charge in [0.25, 0.3) is 0 Å². The molecule has 25 heavy (non-hydrogen) atoms. The van der Waals surface area contributed by atoms with Gasteiger partial charge in [0.2, 0.25) is 0 Å². The number of H-pyrrole nitrogens is 1. The van der Waals surface area contributed by atoms with Gasteiger partial charge >= 0.3 is 0 Å². The molecule has 118 valence electrons. The Kier molecular flexibility index (Phi) is 3.90. The Labute approximate surface area is 147 Å². The van der Waals surface area contributed by atoms with Crippen molar-refractivity contribution in [2.75, 3.05) is 0 Å². The Morgan fingerprint density at radius 3 is 1.96 bits per heavy atom. The minimum atomic E-state index is 0.666. The highest BCUT2D eigenvalue weighted by molar-refractivity contribution is 5.86. The quantitative estimate of drug-likeness (QED) is 0.502. The van der Waals surface area contributed by atoms with E-state index >= 15 is 0 Å². The molecule has 2 nitrogen and oxygen atoms in total. The van der Waals surface area contributed by atoms with Crippen LogP contribution in [-0.2, 0) is 0 Å². The molecule has 0 bridgehead atoms. The number of nitriles is 1. The van der Waals surface area contributed by atoms with Crippen LogP contribution in [0.3, 0.4) is 0 Å². The SMILES string of the molecule is N#Cc1cccc(-c2cc(-c3ccccc3)[nH]c2-c2ccccc2)c1. The average Bonchev–Trinajstić information content (AvgIpc) is 3.15. The summed E-state index contributed by atoms with van der Waals surface area (Å²) in [5.41, 5.74) is 7.20. The van der Waals surface area contributed by atoms with Gasteiger partial charge in [-0.3, -0.25) is 0 Å². The zero-order valence-electron chi connectivity index (χ0n) is 13.6. The zero-order chi connectivity index (χ0) is 17.1. The van der Waals surface area contributed by atoms with Crippen LogP contribution in [0, 0.1) is 11.3 Å². The van der Waals surface area contributed by atoms with E-state index in [1.165, 1.54) is 0 Å². The summed E-state index contributed by atoms with van der Waals surface area (Å²) >= 11 is 0. The fourth-order valence-corrected chi connectivity index (χ4v) is 3.04. The first kappa shape index (κ1) is 15.0. The molecule has 0 atom stereocenters. The maximum Gasteiger partial charge on any atom is 0.0991 e. The van der Waals surface area contributed by atoms with Crippen LogP contribution < -0.4 is 0 Å². The predicted molar refractivity (Wildman–Crippen MR) is 102 cm³/mol. The molecule has 2 heteroatoms. The minimum absolute atomic E-state index is 0.666. The largest absolute Gasteiger partial charge is 0.354 e. The number of hydrogen-bond donors (Lipinski definition) is 1. The van der Waals surface area contributed by atoms with Crippen molar-refractivity contribution in [1.82, 2.24) is 4.98 Å². The van der Waals surface area contributed by atoms with Gasteiger partial charge < -0.3 is 4.98 Å². The molecule has 0 aliphatic rings. The van der Waals surface area contributed by atoms with E-state index in [2.05, 4.69) is 41.4 Å². The van der Waals surface area contributed by atoms with Crippen LogP contribution in [0.1, 0.15) is 5.56 Å². The molecule has 0 radical (unpaired) electrons. The Hall–Kier alpha value is -3.57. The molecule has 0 fully saturated rings. The van der Waals surface area contributed by atoms with Crippen molar-refractivity contribution in [1.29, 1.82) is 5.26 Å². The molecule has 0 aliphatic carbocycles. The highest BCUT2D eigenvalue weighted by Gasteiger charge is 2.13. The second-order valence-electron chi connectivity index (χ2n) is 5.90. The van der Waals surface area contributed by atoms with Crippen LogP contribution >= 0.6 is 0 Å². The summed E-state index contributed by atoms with van der Waals surface area (Å²) in [5, 5.41) is 9.22. The van der Waals surface area contributed by atoms with Crippen molar-refractivity contribution in [3.8, 4) is 39.7 Å². The average molecular weight is 320 g/mol. The third-order valence-corrected chi connectivity index (χ3v) is 4.27. The van der Waals surface area contributed by atoms with E-state index in [0.717, 1.165) is 33.6 Å². The third-order valence-electron chi connectivity index (χ3n) is 4.27. The van der Waals surface area contributed by atoms with Gasteiger partial charge in [-0.15, -0.1) is 0 Å². The molecule has 3 aromatic carbocycles. The fourth-order valence-electron chi connectivity index (χ4n) is 3.04. The maximum absolute atomic E-state index is 9.22. The van der Waals surface area contributed by atoms with Crippen LogP contribution in [0.5, 0.6) is 0 Å². The molecule has 0 unspecified atom stereocenters. The van der Waals surface area contributed by atoms with Crippen LogP contribution in [0.25, 0.3) is 33.6 Å². The first-order valence-corrected chi connectivity index (χ1v) is 8.19. The number of hydrogen-bond acceptors (Lipinski definition) is 1. The van der Waals surface area contributed by atoms with Crippen LogP contribution in [-0.4, -0.2) is 4.98 Å². The van der Waals surface area contributed by atoms with Gasteiger partial charge in [0, 0.05) is 11.3 Å². The Morgan fingerprint density at radius 2 is 1.28 bits per heavy atom. The topological polar surface area (TPSA) is 39.6 Å². The minimum Gasteiger partial charge on any atom is -0.354 e. The summed E-state index contributed by atoms with van der Waals surface area (Å²) in [6.45, 7) is 0. The van der Waals surface area contributed by atoms with Crippen LogP contribution in [0.15, 0.2) is 91.0 Å². The number of aromatic nitrogens is 1. The van der Waals surface area contributed by atoms with E-state index in [-0.39, 0.29) is 0 Å². The highest BCUT2D eigenvalue weighted by atomic mass is 14.7. The van der Waals surface area contributed by atoms with Gasteiger partial charge in [-0.05, 0) is 34.9 Å². The Bertz CT molecular complexity index is 1040. The summed E-state index contributed by atoms with van der Waals surface area (Å²) in [6.07, 6.45) is 0. The van der Waals surface area contributed by atoms with Crippen molar-refractivity contribution in [3.63, 3.8) is 0 Å². The predicted octanol–water partition coefficient (Wildman–Crippen LogP) is 5.89. The lowest BCUT2D eigenvalue weighted by molar-refractivity contribution is 1.39. The number of nitrogens with one attached hydrogen (secondary N) is 1. The van der Waals surface area contributed by atoms with Gasteiger partial charge in [-0.2, -0.15) is 5.26 Å². The Morgan fingerprint density at radius 1 is 0.640 bits per heavy atom. The summed E-state index contributed by atoms with van der Waals surface area (Å²) in [7, 11) is 0. The number of benzene rings is 3. The van der Waals surface area contributed by atoms with Crippen LogP contribution in [0.4, 0.5) is 0 Å². The van der Waals surface area contributed by atoms with E-state index in [9.17, 15) is 5.26 Å². The molecule has 4 aromatic rings. The molecule has 1 N–H and O–H groups in total. The van der Waals surface area contributed by atoms with Gasteiger partial charge in [-0.25, -0.2) is 0 Å². The Balaban J connectivity index is 1.92. The number of nitrogens with zero attached hydrogens (tertiary/aromatic N) is 1. The summed E-state index contributed by atoms with van der Waals surface area (Å²) in [6, 6.07) is 32.7. The molecular formula is C23H16N2. The molecule has 0 amide bonds.